The van der Waals surface area contributed by atoms with E-state index in [9.17, 15) is 0 Å². The van der Waals surface area contributed by atoms with Crippen molar-refractivity contribution < 1.29 is 18.6 Å². The van der Waals surface area contributed by atoms with Gasteiger partial charge in [-0.05, 0) is 44.8 Å². The predicted molar refractivity (Wildman–Crippen MR) is 108 cm³/mol. The van der Waals surface area contributed by atoms with Crippen LogP contribution in [0.3, 0.4) is 0 Å². The van der Waals surface area contributed by atoms with Gasteiger partial charge in [0.1, 0.15) is 17.4 Å². The first-order valence-corrected chi connectivity index (χ1v) is 13.0. The van der Waals surface area contributed by atoms with E-state index in [2.05, 4.69) is 54.6 Å². The minimum absolute atomic E-state index is 0.0925. The van der Waals surface area contributed by atoms with Crippen LogP contribution in [-0.4, -0.2) is 51.7 Å². The molecule has 0 aromatic carbocycles. The van der Waals surface area contributed by atoms with Gasteiger partial charge in [-0.1, -0.05) is 34.1 Å². The average molecular weight is 388 g/mol. The SMILES string of the molecule is CCCC[C@@]1(N)OC[C@@H]2C(C)(C)O[C@H](CO[Si](C)(C)C(C)(C)C)[C@@]21OC. The zero-order chi connectivity index (χ0) is 20.0. The lowest BCUT2D eigenvalue weighted by atomic mass is 9.72. The number of hydrogen-bond acceptors (Lipinski definition) is 5. The van der Waals surface area contributed by atoms with E-state index >= 15 is 0 Å². The van der Waals surface area contributed by atoms with Gasteiger partial charge in [-0.15, -0.1) is 0 Å². The quantitative estimate of drug-likeness (QED) is 0.667. The molecule has 0 aromatic rings. The van der Waals surface area contributed by atoms with Gasteiger partial charge in [0.25, 0.3) is 0 Å². The molecule has 0 spiro atoms. The highest BCUT2D eigenvalue weighted by molar-refractivity contribution is 6.74. The topological polar surface area (TPSA) is 62.9 Å². The summed E-state index contributed by atoms with van der Waals surface area (Å²) in [4.78, 5) is 0. The summed E-state index contributed by atoms with van der Waals surface area (Å²) in [6.45, 7) is 18.8. The Bertz CT molecular complexity index is 505. The number of nitrogens with two attached hydrogens (primary N) is 1. The predicted octanol–water partition coefficient (Wildman–Crippen LogP) is 4.06. The Labute approximate surface area is 161 Å². The summed E-state index contributed by atoms with van der Waals surface area (Å²) in [7, 11) is -0.148. The molecule has 2 aliphatic heterocycles. The summed E-state index contributed by atoms with van der Waals surface area (Å²) in [5.74, 6) is 0.0925. The van der Waals surface area contributed by atoms with E-state index in [1.807, 2.05) is 0 Å². The standard InChI is InChI=1S/C20H41NO4Si/c1-10-11-12-19(21)20(22-7)15(13-23-19)18(5,6)25-16(20)14-24-26(8,9)17(2,3)4/h15-16H,10-14,21H2,1-9H3/t15-,16-,19-,20+/m1/s1. The van der Waals surface area contributed by atoms with E-state index in [0.29, 0.717) is 13.2 Å². The van der Waals surface area contributed by atoms with Gasteiger partial charge < -0.3 is 24.4 Å². The molecule has 4 atom stereocenters. The van der Waals surface area contributed by atoms with Gasteiger partial charge in [-0.25, -0.2) is 0 Å². The van der Waals surface area contributed by atoms with Crippen molar-refractivity contribution in [3.8, 4) is 0 Å². The highest BCUT2D eigenvalue weighted by Gasteiger charge is 2.73. The molecule has 2 rings (SSSR count). The van der Waals surface area contributed by atoms with Gasteiger partial charge in [0.2, 0.25) is 0 Å². The molecule has 154 valence electrons. The Hall–Kier alpha value is 0.0169. The molecule has 0 radical (unpaired) electrons. The number of ether oxygens (including phenoxy) is 3. The van der Waals surface area contributed by atoms with E-state index in [-0.39, 0.29) is 22.7 Å². The van der Waals surface area contributed by atoms with E-state index in [1.165, 1.54) is 0 Å². The van der Waals surface area contributed by atoms with Gasteiger partial charge in [0, 0.05) is 13.0 Å². The first kappa shape index (κ1) is 22.3. The van der Waals surface area contributed by atoms with Crippen LogP contribution in [0.4, 0.5) is 0 Å². The molecule has 6 heteroatoms. The Morgan fingerprint density at radius 1 is 1.23 bits per heavy atom. The second-order valence-corrected chi connectivity index (χ2v) is 14.9. The lowest BCUT2D eigenvalue weighted by molar-refractivity contribution is -0.191. The van der Waals surface area contributed by atoms with Gasteiger partial charge in [-0.3, -0.25) is 0 Å². The smallest absolute Gasteiger partial charge is 0.192 e. The van der Waals surface area contributed by atoms with E-state index in [1.54, 1.807) is 7.11 Å². The van der Waals surface area contributed by atoms with E-state index < -0.39 is 19.6 Å². The van der Waals surface area contributed by atoms with Crippen LogP contribution in [0.1, 0.15) is 60.8 Å². The molecule has 2 fully saturated rings. The summed E-state index contributed by atoms with van der Waals surface area (Å²) >= 11 is 0. The van der Waals surface area contributed by atoms with Crippen molar-refractivity contribution in [1.82, 2.24) is 0 Å². The molecule has 0 saturated carbocycles. The first-order valence-electron chi connectivity index (χ1n) is 10.1. The van der Waals surface area contributed by atoms with Crippen LogP contribution < -0.4 is 5.73 Å². The highest BCUT2D eigenvalue weighted by Crippen LogP contribution is 2.56. The number of rotatable bonds is 7. The average Bonchev–Trinajstić information content (AvgIpc) is 2.94. The third-order valence-electron chi connectivity index (χ3n) is 7.09. The van der Waals surface area contributed by atoms with Crippen LogP contribution in [0.2, 0.25) is 18.1 Å². The lowest BCUT2D eigenvalue weighted by Gasteiger charge is -2.45. The molecular formula is C20H41NO4Si. The van der Waals surface area contributed by atoms with Crippen LogP contribution >= 0.6 is 0 Å². The molecule has 5 nitrogen and oxygen atoms in total. The molecule has 2 heterocycles. The maximum atomic E-state index is 6.84. The van der Waals surface area contributed by atoms with Gasteiger partial charge >= 0.3 is 0 Å². The van der Waals surface area contributed by atoms with Crippen molar-refractivity contribution in [2.24, 2.45) is 11.7 Å². The third kappa shape index (κ3) is 3.42. The number of unbranched alkanes of at least 4 members (excludes halogenated alkanes) is 1. The normalized spacial score (nSPS) is 37.2. The minimum atomic E-state index is -1.90. The van der Waals surface area contributed by atoms with Crippen LogP contribution in [0.5, 0.6) is 0 Å². The van der Waals surface area contributed by atoms with Crippen molar-refractivity contribution >= 4 is 8.32 Å². The van der Waals surface area contributed by atoms with Crippen molar-refractivity contribution in [3.63, 3.8) is 0 Å². The summed E-state index contributed by atoms with van der Waals surface area (Å²) in [6, 6.07) is 0. The molecule has 0 aliphatic carbocycles. The Morgan fingerprint density at radius 2 is 1.85 bits per heavy atom. The van der Waals surface area contributed by atoms with Crippen molar-refractivity contribution in [2.75, 3.05) is 20.3 Å². The molecule has 2 N–H and O–H groups in total. The molecule has 0 amide bonds. The summed E-state index contributed by atoms with van der Waals surface area (Å²) in [5, 5.41) is 0.148. The van der Waals surface area contributed by atoms with Crippen molar-refractivity contribution in [2.45, 2.75) is 102 Å². The molecule has 2 aliphatic rings. The van der Waals surface area contributed by atoms with Crippen LogP contribution in [0, 0.1) is 5.92 Å². The molecule has 0 unspecified atom stereocenters. The fraction of sp³-hybridized carbons (Fsp3) is 1.00. The first-order chi connectivity index (χ1) is 11.8. The number of methoxy groups -OCH3 is 1. The maximum Gasteiger partial charge on any atom is 0.192 e. The highest BCUT2D eigenvalue weighted by atomic mass is 28.4. The summed E-state index contributed by atoms with van der Waals surface area (Å²) in [5.41, 5.74) is 4.98. The molecule has 2 saturated heterocycles. The molecule has 26 heavy (non-hydrogen) atoms. The fourth-order valence-corrected chi connectivity index (χ4v) is 5.33. The Kier molecular flexibility index (Phi) is 6.11. The molecule has 0 bridgehead atoms. The second kappa shape index (κ2) is 7.12. The van der Waals surface area contributed by atoms with Gasteiger partial charge in [-0.2, -0.15) is 0 Å². The zero-order valence-electron chi connectivity index (χ0n) is 18.4. The maximum absolute atomic E-state index is 6.84. The van der Waals surface area contributed by atoms with Crippen LogP contribution in [0.15, 0.2) is 0 Å². The van der Waals surface area contributed by atoms with E-state index in [0.717, 1.165) is 19.3 Å². The Morgan fingerprint density at radius 3 is 2.35 bits per heavy atom. The van der Waals surface area contributed by atoms with Gasteiger partial charge in [0.05, 0.1) is 18.8 Å². The minimum Gasteiger partial charge on any atom is -0.414 e. The zero-order valence-corrected chi connectivity index (χ0v) is 19.4. The number of fused-ring (bicyclic) bond motifs is 1. The van der Waals surface area contributed by atoms with Crippen LogP contribution in [0.25, 0.3) is 0 Å². The summed E-state index contributed by atoms with van der Waals surface area (Å²) < 4.78 is 25.4. The summed E-state index contributed by atoms with van der Waals surface area (Å²) in [6.07, 6.45) is 2.61. The van der Waals surface area contributed by atoms with E-state index in [4.69, 9.17) is 24.4 Å². The van der Waals surface area contributed by atoms with Crippen LogP contribution in [-0.2, 0) is 18.6 Å². The van der Waals surface area contributed by atoms with Crippen molar-refractivity contribution in [1.29, 1.82) is 0 Å². The monoisotopic (exact) mass is 387 g/mol. The fourth-order valence-electron chi connectivity index (χ4n) is 4.33. The number of hydrogen-bond donors (Lipinski definition) is 1. The second-order valence-electron chi connectivity index (χ2n) is 10.1. The van der Waals surface area contributed by atoms with Gasteiger partial charge in [0.15, 0.2) is 8.32 Å². The molecular weight excluding hydrogens is 346 g/mol. The lowest BCUT2D eigenvalue weighted by Crippen LogP contribution is -2.66. The molecule has 0 aromatic heterocycles. The largest absolute Gasteiger partial charge is 0.414 e. The van der Waals surface area contributed by atoms with Crippen molar-refractivity contribution in [3.05, 3.63) is 0 Å². The Balaban J connectivity index is 2.33. The third-order valence-corrected chi connectivity index (χ3v) is 11.6.